The van der Waals surface area contributed by atoms with Crippen molar-refractivity contribution in [1.29, 1.82) is 0 Å². The van der Waals surface area contributed by atoms with Crippen molar-refractivity contribution >= 4 is 55.9 Å². The van der Waals surface area contributed by atoms with E-state index in [-0.39, 0.29) is 20.8 Å². The van der Waals surface area contributed by atoms with Crippen molar-refractivity contribution in [2.24, 2.45) is 0 Å². The van der Waals surface area contributed by atoms with E-state index in [9.17, 15) is 4.39 Å². The van der Waals surface area contributed by atoms with Gasteiger partial charge in [-0.05, 0) is 54.4 Å². The summed E-state index contributed by atoms with van der Waals surface area (Å²) in [6.45, 7) is 9.98. The molecule has 0 N–H and O–H groups in total. The van der Waals surface area contributed by atoms with Crippen LogP contribution in [0.25, 0.3) is 10.9 Å². The fourth-order valence-electron chi connectivity index (χ4n) is 2.96. The minimum atomic E-state index is -0.517. The van der Waals surface area contributed by atoms with E-state index < -0.39 is 5.82 Å². The standard InChI is InChI=1S/C16H18BrCl2FN4/c1-16(2,3)24-6-4-23(5-7-24)14-9-8-10(18)11(17)12(20)13(9)21-15(19)22-14/h8H,4-7H2,1-3H3. The molecule has 1 fully saturated rings. The van der Waals surface area contributed by atoms with Crippen LogP contribution in [0.4, 0.5) is 10.2 Å². The van der Waals surface area contributed by atoms with Crippen LogP contribution in [0.5, 0.6) is 0 Å². The summed E-state index contributed by atoms with van der Waals surface area (Å²) in [6.07, 6.45) is 0. The van der Waals surface area contributed by atoms with Gasteiger partial charge in [0.1, 0.15) is 11.3 Å². The van der Waals surface area contributed by atoms with E-state index >= 15 is 0 Å². The molecular formula is C16H18BrCl2FN4. The van der Waals surface area contributed by atoms with E-state index in [0.29, 0.717) is 16.2 Å². The van der Waals surface area contributed by atoms with Gasteiger partial charge < -0.3 is 4.90 Å². The molecule has 1 aliphatic rings. The molecule has 0 unspecified atom stereocenters. The van der Waals surface area contributed by atoms with Crippen LogP contribution >= 0.6 is 39.1 Å². The second-order valence-corrected chi connectivity index (χ2v) is 8.38. The highest BCUT2D eigenvalue weighted by Gasteiger charge is 2.28. The van der Waals surface area contributed by atoms with E-state index in [1.165, 1.54) is 0 Å². The van der Waals surface area contributed by atoms with Crippen molar-refractivity contribution in [3.63, 3.8) is 0 Å². The SMILES string of the molecule is CC(C)(C)N1CCN(c2nc(Cl)nc3c(F)c(Br)c(Cl)cc23)CC1. The van der Waals surface area contributed by atoms with E-state index in [4.69, 9.17) is 23.2 Å². The maximum atomic E-state index is 14.5. The Morgan fingerprint density at radius 1 is 1.12 bits per heavy atom. The summed E-state index contributed by atoms with van der Waals surface area (Å²) in [5.74, 6) is 0.114. The fraction of sp³-hybridized carbons (Fsp3) is 0.500. The zero-order valence-corrected chi connectivity index (χ0v) is 16.8. The Hall–Kier alpha value is -0.690. The topological polar surface area (TPSA) is 32.3 Å². The lowest BCUT2D eigenvalue weighted by molar-refractivity contribution is 0.128. The third kappa shape index (κ3) is 3.34. The number of fused-ring (bicyclic) bond motifs is 1. The number of anilines is 1. The summed E-state index contributed by atoms with van der Waals surface area (Å²) in [5.41, 5.74) is 0.303. The van der Waals surface area contributed by atoms with E-state index in [2.05, 4.69) is 56.5 Å². The molecule has 1 aliphatic heterocycles. The van der Waals surface area contributed by atoms with Gasteiger partial charge in [-0.2, -0.15) is 4.98 Å². The molecule has 0 atom stereocenters. The molecule has 0 spiro atoms. The highest BCUT2D eigenvalue weighted by molar-refractivity contribution is 9.10. The quantitative estimate of drug-likeness (QED) is 0.477. The Morgan fingerprint density at radius 2 is 1.75 bits per heavy atom. The molecule has 0 bridgehead atoms. The highest BCUT2D eigenvalue weighted by atomic mass is 79.9. The van der Waals surface area contributed by atoms with Crippen molar-refractivity contribution in [3.8, 4) is 0 Å². The maximum absolute atomic E-state index is 14.5. The number of hydrogen-bond donors (Lipinski definition) is 0. The molecule has 1 aromatic carbocycles. The van der Waals surface area contributed by atoms with Gasteiger partial charge in [0.2, 0.25) is 5.28 Å². The first-order chi connectivity index (χ1) is 11.2. The van der Waals surface area contributed by atoms with Crippen molar-refractivity contribution < 1.29 is 4.39 Å². The number of aromatic nitrogens is 2. The van der Waals surface area contributed by atoms with Crippen LogP contribution in [0.3, 0.4) is 0 Å². The third-order valence-corrected chi connectivity index (χ3v) is 5.78. The van der Waals surface area contributed by atoms with Crippen LogP contribution < -0.4 is 4.90 Å². The summed E-state index contributed by atoms with van der Waals surface area (Å²) in [7, 11) is 0. The van der Waals surface area contributed by atoms with E-state index in [1.54, 1.807) is 6.07 Å². The number of nitrogens with zero attached hydrogens (tertiary/aromatic N) is 4. The molecule has 0 saturated carbocycles. The molecule has 130 valence electrons. The minimum Gasteiger partial charge on any atom is -0.353 e. The first kappa shape index (κ1) is 18.1. The second-order valence-electron chi connectivity index (χ2n) is 6.84. The zero-order valence-electron chi connectivity index (χ0n) is 13.7. The van der Waals surface area contributed by atoms with Crippen LogP contribution in [0.1, 0.15) is 20.8 Å². The van der Waals surface area contributed by atoms with Crippen LogP contribution in [-0.4, -0.2) is 46.6 Å². The molecule has 3 rings (SSSR count). The van der Waals surface area contributed by atoms with Crippen LogP contribution in [0.2, 0.25) is 10.3 Å². The van der Waals surface area contributed by atoms with E-state index in [1.807, 2.05) is 0 Å². The Balaban J connectivity index is 2.02. The minimum absolute atomic E-state index is 0.0314. The molecule has 24 heavy (non-hydrogen) atoms. The largest absolute Gasteiger partial charge is 0.353 e. The van der Waals surface area contributed by atoms with Crippen molar-refractivity contribution in [1.82, 2.24) is 14.9 Å². The molecule has 1 saturated heterocycles. The predicted molar refractivity (Wildman–Crippen MR) is 101 cm³/mol. The normalized spacial score (nSPS) is 16.9. The zero-order chi connectivity index (χ0) is 17.6. The lowest BCUT2D eigenvalue weighted by Crippen LogP contribution is -2.53. The lowest BCUT2D eigenvalue weighted by atomic mass is 10.0. The van der Waals surface area contributed by atoms with Gasteiger partial charge in [0.15, 0.2) is 5.82 Å². The molecule has 0 radical (unpaired) electrons. The molecule has 4 nitrogen and oxygen atoms in total. The molecule has 0 aliphatic carbocycles. The Kier molecular flexibility index (Phi) is 4.95. The van der Waals surface area contributed by atoms with Crippen LogP contribution in [0, 0.1) is 5.82 Å². The van der Waals surface area contributed by atoms with Gasteiger partial charge in [0.25, 0.3) is 0 Å². The summed E-state index contributed by atoms with van der Waals surface area (Å²) >= 11 is 15.3. The average Bonchev–Trinajstić information content (AvgIpc) is 2.52. The van der Waals surface area contributed by atoms with Crippen LogP contribution in [-0.2, 0) is 0 Å². The van der Waals surface area contributed by atoms with Crippen molar-refractivity contribution in [3.05, 3.63) is 26.7 Å². The number of halogens is 4. The van der Waals surface area contributed by atoms with Gasteiger partial charge >= 0.3 is 0 Å². The number of piperazine rings is 1. The number of benzene rings is 1. The fourth-order valence-corrected chi connectivity index (χ4v) is 3.62. The summed E-state index contributed by atoms with van der Waals surface area (Å²) in [4.78, 5) is 12.9. The number of rotatable bonds is 1. The molecule has 2 aromatic rings. The summed E-state index contributed by atoms with van der Waals surface area (Å²) in [5, 5.41) is 0.902. The van der Waals surface area contributed by atoms with Crippen molar-refractivity contribution in [2.75, 3.05) is 31.1 Å². The Morgan fingerprint density at radius 3 is 2.33 bits per heavy atom. The van der Waals surface area contributed by atoms with E-state index in [0.717, 1.165) is 26.2 Å². The molecule has 8 heteroatoms. The smallest absolute Gasteiger partial charge is 0.225 e. The Bertz CT molecular complexity index is 786. The third-order valence-electron chi connectivity index (χ3n) is 4.31. The van der Waals surface area contributed by atoms with Crippen LogP contribution in [0.15, 0.2) is 10.5 Å². The molecular weight excluding hydrogens is 418 g/mol. The molecule has 1 aromatic heterocycles. The van der Waals surface area contributed by atoms with Gasteiger partial charge in [0, 0.05) is 37.1 Å². The van der Waals surface area contributed by atoms with Gasteiger partial charge in [-0.3, -0.25) is 4.90 Å². The first-order valence-corrected chi connectivity index (χ1v) is 9.24. The lowest BCUT2D eigenvalue weighted by Gasteiger charge is -2.42. The summed E-state index contributed by atoms with van der Waals surface area (Å²) in [6, 6.07) is 1.69. The molecule has 0 amide bonds. The monoisotopic (exact) mass is 434 g/mol. The first-order valence-electron chi connectivity index (χ1n) is 7.69. The highest BCUT2D eigenvalue weighted by Crippen LogP contribution is 2.36. The van der Waals surface area contributed by atoms with Gasteiger partial charge in [-0.1, -0.05) is 11.6 Å². The van der Waals surface area contributed by atoms with Crippen molar-refractivity contribution in [2.45, 2.75) is 26.3 Å². The van der Waals surface area contributed by atoms with Gasteiger partial charge in [-0.15, -0.1) is 0 Å². The molecule has 2 heterocycles. The van der Waals surface area contributed by atoms with Gasteiger partial charge in [0.05, 0.1) is 9.50 Å². The second kappa shape index (κ2) is 6.56. The van der Waals surface area contributed by atoms with Gasteiger partial charge in [-0.25, -0.2) is 9.37 Å². The maximum Gasteiger partial charge on any atom is 0.225 e. The average molecular weight is 436 g/mol. The predicted octanol–water partition coefficient (Wildman–Crippen LogP) is 4.76. The summed E-state index contributed by atoms with van der Waals surface area (Å²) < 4.78 is 14.7. The number of hydrogen-bond acceptors (Lipinski definition) is 4. The Labute approximate surface area is 159 Å².